The molecule has 5 nitrogen and oxygen atoms in total. The first-order chi connectivity index (χ1) is 8.52. The maximum atomic E-state index is 11.6. The summed E-state index contributed by atoms with van der Waals surface area (Å²) in [6.07, 6.45) is -0.581. The average Bonchev–Trinajstić information content (AvgIpc) is 2.36. The standard InChI is InChI=1S/C13H20N2O3/c1-9(18-3)8-14-13(17)15-12-6-4-5-11(7-12)10(2)16/h4-7,9-10,16H,8H2,1-3H3,(H2,14,15,17). The number of anilines is 1. The third kappa shape index (κ3) is 4.73. The second kappa shape index (κ2) is 6.98. The van der Waals surface area contributed by atoms with Crippen LogP contribution in [0.2, 0.25) is 0 Å². The number of carbonyl (C=O) groups excluding carboxylic acids is 1. The van der Waals surface area contributed by atoms with Crippen LogP contribution in [-0.4, -0.2) is 30.9 Å². The monoisotopic (exact) mass is 252 g/mol. The van der Waals surface area contributed by atoms with Crippen molar-refractivity contribution in [1.82, 2.24) is 5.32 Å². The Morgan fingerprint density at radius 1 is 1.44 bits per heavy atom. The smallest absolute Gasteiger partial charge is 0.319 e. The fourth-order valence-electron chi connectivity index (χ4n) is 1.37. The molecular formula is C13H20N2O3. The number of carbonyl (C=O) groups is 1. The second-order valence-electron chi connectivity index (χ2n) is 4.18. The van der Waals surface area contributed by atoms with Gasteiger partial charge in [0.1, 0.15) is 0 Å². The Kier molecular flexibility index (Phi) is 5.61. The number of urea groups is 1. The first-order valence-corrected chi connectivity index (χ1v) is 5.88. The molecular weight excluding hydrogens is 232 g/mol. The van der Waals surface area contributed by atoms with Crippen molar-refractivity contribution >= 4 is 11.7 Å². The molecule has 0 aromatic heterocycles. The van der Waals surface area contributed by atoms with Gasteiger partial charge in [-0.15, -0.1) is 0 Å². The van der Waals surface area contributed by atoms with Crippen molar-refractivity contribution in [2.75, 3.05) is 19.0 Å². The van der Waals surface area contributed by atoms with E-state index >= 15 is 0 Å². The molecule has 5 heteroatoms. The van der Waals surface area contributed by atoms with Gasteiger partial charge >= 0.3 is 6.03 Å². The molecule has 0 aliphatic heterocycles. The van der Waals surface area contributed by atoms with Crippen LogP contribution in [0.1, 0.15) is 25.5 Å². The zero-order chi connectivity index (χ0) is 13.5. The molecule has 0 saturated carbocycles. The predicted octanol–water partition coefficient (Wildman–Crippen LogP) is 1.90. The van der Waals surface area contributed by atoms with Gasteiger partial charge in [0.2, 0.25) is 0 Å². The molecule has 1 rings (SSSR count). The van der Waals surface area contributed by atoms with Crippen LogP contribution in [-0.2, 0) is 4.74 Å². The summed E-state index contributed by atoms with van der Waals surface area (Å²) < 4.78 is 5.03. The van der Waals surface area contributed by atoms with Gasteiger partial charge in [-0.3, -0.25) is 0 Å². The predicted molar refractivity (Wildman–Crippen MR) is 70.6 cm³/mol. The Morgan fingerprint density at radius 3 is 2.78 bits per heavy atom. The zero-order valence-corrected chi connectivity index (χ0v) is 10.9. The number of benzene rings is 1. The van der Waals surface area contributed by atoms with Gasteiger partial charge in [0.25, 0.3) is 0 Å². The molecule has 100 valence electrons. The van der Waals surface area contributed by atoms with Crippen molar-refractivity contribution in [3.63, 3.8) is 0 Å². The number of amides is 2. The Morgan fingerprint density at radius 2 is 2.17 bits per heavy atom. The van der Waals surface area contributed by atoms with E-state index in [1.165, 1.54) is 0 Å². The Bertz CT molecular complexity index is 394. The molecule has 0 bridgehead atoms. The quantitative estimate of drug-likeness (QED) is 0.749. The van der Waals surface area contributed by atoms with Crippen molar-refractivity contribution in [1.29, 1.82) is 0 Å². The third-order valence-corrected chi connectivity index (χ3v) is 2.58. The highest BCUT2D eigenvalue weighted by molar-refractivity contribution is 5.89. The first-order valence-electron chi connectivity index (χ1n) is 5.88. The van der Waals surface area contributed by atoms with Gasteiger partial charge < -0.3 is 20.5 Å². The molecule has 0 radical (unpaired) electrons. The number of methoxy groups -OCH3 is 1. The summed E-state index contributed by atoms with van der Waals surface area (Å²) in [4.78, 5) is 11.6. The van der Waals surface area contributed by atoms with E-state index in [1.807, 2.05) is 6.92 Å². The summed E-state index contributed by atoms with van der Waals surface area (Å²) in [6, 6.07) is 6.81. The molecule has 2 atom stereocenters. The van der Waals surface area contributed by atoms with Gasteiger partial charge in [0.15, 0.2) is 0 Å². The minimum absolute atomic E-state index is 0.0282. The number of hydrogen-bond acceptors (Lipinski definition) is 3. The van der Waals surface area contributed by atoms with Crippen LogP contribution in [0.5, 0.6) is 0 Å². The Balaban J connectivity index is 2.51. The van der Waals surface area contributed by atoms with E-state index in [0.29, 0.717) is 12.2 Å². The molecule has 0 heterocycles. The topological polar surface area (TPSA) is 70.6 Å². The fourth-order valence-corrected chi connectivity index (χ4v) is 1.37. The SMILES string of the molecule is COC(C)CNC(=O)Nc1cccc(C(C)O)c1. The number of hydrogen-bond donors (Lipinski definition) is 3. The second-order valence-corrected chi connectivity index (χ2v) is 4.18. The minimum Gasteiger partial charge on any atom is -0.389 e. The van der Waals surface area contributed by atoms with Gasteiger partial charge in [0.05, 0.1) is 12.2 Å². The summed E-state index contributed by atoms with van der Waals surface area (Å²) in [5.74, 6) is 0. The maximum Gasteiger partial charge on any atom is 0.319 e. The van der Waals surface area contributed by atoms with Crippen LogP contribution >= 0.6 is 0 Å². The lowest BCUT2D eigenvalue weighted by atomic mass is 10.1. The van der Waals surface area contributed by atoms with Crippen molar-refractivity contribution in [3.8, 4) is 0 Å². The lowest BCUT2D eigenvalue weighted by molar-refractivity contribution is 0.119. The van der Waals surface area contributed by atoms with E-state index in [1.54, 1.807) is 38.3 Å². The van der Waals surface area contributed by atoms with Crippen LogP contribution in [0.25, 0.3) is 0 Å². The largest absolute Gasteiger partial charge is 0.389 e. The minimum atomic E-state index is -0.552. The van der Waals surface area contributed by atoms with E-state index in [4.69, 9.17) is 4.74 Å². The van der Waals surface area contributed by atoms with E-state index in [-0.39, 0.29) is 12.1 Å². The van der Waals surface area contributed by atoms with E-state index in [2.05, 4.69) is 10.6 Å². The Hall–Kier alpha value is -1.59. The van der Waals surface area contributed by atoms with Crippen LogP contribution in [0.15, 0.2) is 24.3 Å². The number of ether oxygens (including phenoxy) is 1. The molecule has 2 unspecified atom stereocenters. The number of aliphatic hydroxyl groups is 1. The highest BCUT2D eigenvalue weighted by atomic mass is 16.5. The number of nitrogens with one attached hydrogen (secondary N) is 2. The first kappa shape index (κ1) is 14.5. The average molecular weight is 252 g/mol. The van der Waals surface area contributed by atoms with Crippen LogP contribution in [0.4, 0.5) is 10.5 Å². The zero-order valence-electron chi connectivity index (χ0n) is 10.9. The molecule has 1 aromatic carbocycles. The van der Waals surface area contributed by atoms with Crippen molar-refractivity contribution in [3.05, 3.63) is 29.8 Å². The van der Waals surface area contributed by atoms with Gasteiger partial charge in [0, 0.05) is 19.3 Å². The molecule has 1 aromatic rings. The Labute approximate surface area is 107 Å². The summed E-state index contributed by atoms with van der Waals surface area (Å²) >= 11 is 0. The summed E-state index contributed by atoms with van der Waals surface area (Å²) in [7, 11) is 1.59. The molecule has 2 amide bonds. The molecule has 0 aliphatic carbocycles. The molecule has 0 aliphatic rings. The van der Waals surface area contributed by atoms with Gasteiger partial charge in [-0.1, -0.05) is 12.1 Å². The molecule has 3 N–H and O–H groups in total. The third-order valence-electron chi connectivity index (χ3n) is 2.58. The van der Waals surface area contributed by atoms with Gasteiger partial charge in [-0.2, -0.15) is 0 Å². The van der Waals surface area contributed by atoms with Crippen molar-refractivity contribution < 1.29 is 14.6 Å². The molecule has 0 saturated heterocycles. The van der Waals surface area contributed by atoms with Crippen molar-refractivity contribution in [2.24, 2.45) is 0 Å². The summed E-state index contributed by atoms with van der Waals surface area (Å²) in [6.45, 7) is 3.99. The molecule has 0 spiro atoms. The van der Waals surface area contributed by atoms with Crippen LogP contribution < -0.4 is 10.6 Å². The van der Waals surface area contributed by atoms with Crippen LogP contribution in [0, 0.1) is 0 Å². The van der Waals surface area contributed by atoms with E-state index < -0.39 is 6.10 Å². The highest BCUT2D eigenvalue weighted by Crippen LogP contribution is 2.16. The van der Waals surface area contributed by atoms with E-state index in [0.717, 1.165) is 5.56 Å². The van der Waals surface area contributed by atoms with Crippen LogP contribution in [0.3, 0.4) is 0 Å². The lowest BCUT2D eigenvalue weighted by Crippen LogP contribution is -2.34. The number of aliphatic hydroxyl groups excluding tert-OH is 1. The van der Waals surface area contributed by atoms with E-state index in [9.17, 15) is 9.90 Å². The van der Waals surface area contributed by atoms with Crippen molar-refractivity contribution in [2.45, 2.75) is 26.1 Å². The van der Waals surface area contributed by atoms with Gasteiger partial charge in [-0.25, -0.2) is 4.79 Å². The maximum absolute atomic E-state index is 11.6. The lowest BCUT2D eigenvalue weighted by Gasteiger charge is -2.12. The molecule has 18 heavy (non-hydrogen) atoms. The number of rotatable bonds is 5. The molecule has 0 fully saturated rings. The summed E-state index contributed by atoms with van der Waals surface area (Å²) in [5.41, 5.74) is 1.41. The van der Waals surface area contributed by atoms with Gasteiger partial charge in [-0.05, 0) is 31.5 Å². The normalized spacial score (nSPS) is 13.8. The summed E-state index contributed by atoms with van der Waals surface area (Å²) in [5, 5.41) is 14.8. The highest BCUT2D eigenvalue weighted by Gasteiger charge is 2.06. The fraction of sp³-hybridized carbons (Fsp3) is 0.462.